The van der Waals surface area contributed by atoms with Crippen LogP contribution in [0.1, 0.15) is 30.0 Å². The van der Waals surface area contributed by atoms with Gasteiger partial charge < -0.3 is 10.1 Å². The van der Waals surface area contributed by atoms with Crippen molar-refractivity contribution >= 4 is 28.6 Å². The van der Waals surface area contributed by atoms with Crippen LogP contribution in [-0.2, 0) is 0 Å². The predicted octanol–water partition coefficient (Wildman–Crippen LogP) is 6.53. The maximum absolute atomic E-state index is 5.37. The molecule has 4 heteroatoms. The average Bonchev–Trinajstić information content (AvgIpc) is 2.89. The van der Waals surface area contributed by atoms with Gasteiger partial charge in [0.15, 0.2) is 0 Å². The molecule has 33 heavy (non-hydrogen) atoms. The summed E-state index contributed by atoms with van der Waals surface area (Å²) in [6.45, 7) is 6.74. The first kappa shape index (κ1) is 23.5. The highest BCUT2D eigenvalue weighted by molar-refractivity contribution is 7.99. The third-order valence-electron chi connectivity index (χ3n) is 6.19. The maximum Gasteiger partial charge on any atom is 0.118 e. The molecule has 0 atom stereocenters. The number of benzene rings is 3. The first-order valence-electron chi connectivity index (χ1n) is 11.9. The first-order valence-corrected chi connectivity index (χ1v) is 13.0. The largest absolute Gasteiger partial charge is 0.497 e. The van der Waals surface area contributed by atoms with Crippen LogP contribution in [0, 0.1) is 0 Å². The number of thioether (sulfide) groups is 1. The zero-order valence-electron chi connectivity index (χ0n) is 19.7. The highest BCUT2D eigenvalue weighted by Gasteiger charge is 2.13. The van der Waals surface area contributed by atoms with E-state index in [1.807, 2.05) is 12.1 Å². The number of hydrogen-bond donors (Lipinski definition) is 1. The van der Waals surface area contributed by atoms with Crippen molar-refractivity contribution < 1.29 is 4.74 Å². The second-order valence-electron chi connectivity index (χ2n) is 8.26. The third kappa shape index (κ3) is 6.21. The Bertz CT molecular complexity index is 1020. The summed E-state index contributed by atoms with van der Waals surface area (Å²) < 4.78 is 5.37. The van der Waals surface area contributed by atoms with Gasteiger partial charge in [-0.2, -0.15) is 11.8 Å². The van der Waals surface area contributed by atoms with Crippen LogP contribution in [0.15, 0.2) is 78.9 Å². The van der Waals surface area contributed by atoms with Gasteiger partial charge in [-0.15, -0.1) is 0 Å². The molecule has 1 aliphatic heterocycles. The molecule has 1 aliphatic rings. The van der Waals surface area contributed by atoms with Crippen LogP contribution < -0.4 is 10.1 Å². The molecule has 0 saturated carbocycles. The standard InChI is InChI=1S/C29H34N2OS/c1-3-28(23-11-15-27(32-2)16-12-23)29(24-7-5-4-6-8-24)25-9-13-26(14-10-25)30-17-18-31-19-21-33-22-20-31/h4-16,30H,3,17-22H2,1-2H3. The summed E-state index contributed by atoms with van der Waals surface area (Å²) in [4.78, 5) is 2.55. The highest BCUT2D eigenvalue weighted by atomic mass is 32.2. The number of nitrogens with one attached hydrogen (secondary N) is 1. The Morgan fingerprint density at radius 3 is 2.12 bits per heavy atom. The van der Waals surface area contributed by atoms with E-state index in [0.717, 1.165) is 25.3 Å². The summed E-state index contributed by atoms with van der Waals surface area (Å²) in [7, 11) is 1.71. The van der Waals surface area contributed by atoms with E-state index in [9.17, 15) is 0 Å². The van der Waals surface area contributed by atoms with Gasteiger partial charge in [-0.25, -0.2) is 0 Å². The Labute approximate surface area is 202 Å². The number of rotatable bonds is 9. The van der Waals surface area contributed by atoms with Gasteiger partial charge in [-0.05, 0) is 58.5 Å². The summed E-state index contributed by atoms with van der Waals surface area (Å²) in [5, 5.41) is 3.61. The van der Waals surface area contributed by atoms with Gasteiger partial charge in [0.25, 0.3) is 0 Å². The minimum absolute atomic E-state index is 0.884. The van der Waals surface area contributed by atoms with E-state index in [-0.39, 0.29) is 0 Å². The molecule has 1 N–H and O–H groups in total. The minimum atomic E-state index is 0.884. The Morgan fingerprint density at radius 1 is 0.848 bits per heavy atom. The van der Waals surface area contributed by atoms with Crippen LogP contribution in [-0.4, -0.2) is 49.7 Å². The fraction of sp³-hybridized carbons (Fsp3) is 0.310. The molecule has 4 rings (SSSR count). The van der Waals surface area contributed by atoms with Gasteiger partial charge in [0.2, 0.25) is 0 Å². The van der Waals surface area contributed by atoms with Crippen LogP contribution in [0.2, 0.25) is 0 Å². The summed E-state index contributed by atoms with van der Waals surface area (Å²) >= 11 is 2.06. The smallest absolute Gasteiger partial charge is 0.118 e. The number of nitrogens with zero attached hydrogens (tertiary/aromatic N) is 1. The Balaban J connectivity index is 1.58. The topological polar surface area (TPSA) is 24.5 Å². The molecule has 3 aromatic rings. The van der Waals surface area contributed by atoms with Crippen molar-refractivity contribution in [1.29, 1.82) is 0 Å². The number of allylic oxidation sites excluding steroid dienone is 1. The number of anilines is 1. The minimum Gasteiger partial charge on any atom is -0.497 e. The fourth-order valence-electron chi connectivity index (χ4n) is 4.38. The van der Waals surface area contributed by atoms with E-state index >= 15 is 0 Å². The van der Waals surface area contributed by atoms with E-state index in [1.165, 1.54) is 58.1 Å². The summed E-state index contributed by atoms with van der Waals surface area (Å²) in [6, 6.07) is 28.1. The third-order valence-corrected chi connectivity index (χ3v) is 7.13. The average molecular weight is 459 g/mol. The van der Waals surface area contributed by atoms with Crippen molar-refractivity contribution in [2.45, 2.75) is 13.3 Å². The van der Waals surface area contributed by atoms with Crippen molar-refractivity contribution in [3.8, 4) is 5.75 Å². The molecule has 172 valence electrons. The first-order chi connectivity index (χ1) is 16.3. The molecular weight excluding hydrogens is 424 g/mol. The molecule has 0 spiro atoms. The van der Waals surface area contributed by atoms with E-state index in [1.54, 1.807) is 7.11 Å². The van der Waals surface area contributed by atoms with Crippen molar-refractivity contribution in [2.24, 2.45) is 0 Å². The second-order valence-corrected chi connectivity index (χ2v) is 9.48. The molecule has 1 heterocycles. The Kier molecular flexibility index (Phi) is 8.51. The molecule has 0 bridgehead atoms. The summed E-state index contributed by atoms with van der Waals surface area (Å²) in [6.07, 6.45) is 0.949. The van der Waals surface area contributed by atoms with Gasteiger partial charge >= 0.3 is 0 Å². The molecule has 3 aromatic carbocycles. The predicted molar refractivity (Wildman–Crippen MR) is 144 cm³/mol. The normalized spacial score (nSPS) is 15.1. The van der Waals surface area contributed by atoms with Crippen molar-refractivity contribution in [3.05, 3.63) is 95.6 Å². The van der Waals surface area contributed by atoms with Gasteiger partial charge in [-0.1, -0.05) is 61.5 Å². The summed E-state index contributed by atoms with van der Waals surface area (Å²) in [5.41, 5.74) is 7.54. The highest BCUT2D eigenvalue weighted by Crippen LogP contribution is 2.35. The molecule has 0 aromatic heterocycles. The van der Waals surface area contributed by atoms with Crippen LogP contribution in [0.5, 0.6) is 5.75 Å². The van der Waals surface area contributed by atoms with Crippen molar-refractivity contribution in [1.82, 2.24) is 4.90 Å². The number of ether oxygens (including phenoxy) is 1. The molecule has 0 unspecified atom stereocenters. The Morgan fingerprint density at radius 2 is 1.48 bits per heavy atom. The van der Waals surface area contributed by atoms with E-state index in [0.29, 0.717) is 0 Å². The second kappa shape index (κ2) is 12.0. The Hall–Kier alpha value is -2.69. The van der Waals surface area contributed by atoms with Crippen molar-refractivity contribution in [2.75, 3.05) is 50.1 Å². The van der Waals surface area contributed by atoms with E-state index in [4.69, 9.17) is 4.74 Å². The maximum atomic E-state index is 5.37. The summed E-state index contributed by atoms with van der Waals surface area (Å²) in [5.74, 6) is 3.41. The van der Waals surface area contributed by atoms with Crippen molar-refractivity contribution in [3.63, 3.8) is 0 Å². The zero-order chi connectivity index (χ0) is 22.9. The molecule has 0 amide bonds. The SMILES string of the molecule is CCC(=C(c1ccccc1)c1ccc(NCCN2CCSCC2)cc1)c1ccc(OC)cc1. The van der Waals surface area contributed by atoms with Crippen LogP contribution in [0.4, 0.5) is 5.69 Å². The fourth-order valence-corrected chi connectivity index (χ4v) is 5.35. The van der Waals surface area contributed by atoms with Crippen LogP contribution >= 0.6 is 11.8 Å². The molecule has 1 fully saturated rings. The van der Waals surface area contributed by atoms with E-state index in [2.05, 4.69) is 95.6 Å². The van der Waals surface area contributed by atoms with Gasteiger partial charge in [0, 0.05) is 43.4 Å². The lowest BCUT2D eigenvalue weighted by Crippen LogP contribution is -2.36. The molecule has 1 saturated heterocycles. The molecule has 0 aliphatic carbocycles. The van der Waals surface area contributed by atoms with Crippen LogP contribution in [0.25, 0.3) is 11.1 Å². The molecule has 0 radical (unpaired) electrons. The van der Waals surface area contributed by atoms with Gasteiger partial charge in [-0.3, -0.25) is 4.90 Å². The quantitative estimate of drug-likeness (QED) is 0.369. The van der Waals surface area contributed by atoms with Gasteiger partial charge in [0.1, 0.15) is 5.75 Å². The number of hydrogen-bond acceptors (Lipinski definition) is 4. The molecular formula is C29H34N2OS. The van der Waals surface area contributed by atoms with Gasteiger partial charge in [0.05, 0.1) is 7.11 Å². The van der Waals surface area contributed by atoms with E-state index < -0.39 is 0 Å². The molecule has 3 nitrogen and oxygen atoms in total. The lowest BCUT2D eigenvalue weighted by Gasteiger charge is -2.26. The number of methoxy groups -OCH3 is 1. The lowest BCUT2D eigenvalue weighted by atomic mass is 9.88. The lowest BCUT2D eigenvalue weighted by molar-refractivity contribution is 0.314. The van der Waals surface area contributed by atoms with Crippen LogP contribution in [0.3, 0.4) is 0 Å². The zero-order valence-corrected chi connectivity index (χ0v) is 20.5. The monoisotopic (exact) mass is 458 g/mol.